The Bertz CT molecular complexity index is 551. The molecule has 1 atom stereocenters. The molecule has 0 unspecified atom stereocenters. The van der Waals surface area contributed by atoms with Gasteiger partial charge in [-0.3, -0.25) is 0 Å². The Morgan fingerprint density at radius 3 is 3.00 bits per heavy atom. The van der Waals surface area contributed by atoms with Crippen LogP contribution in [-0.2, 0) is 27.7 Å². The number of ether oxygens (including phenoxy) is 1. The van der Waals surface area contributed by atoms with Crippen molar-refractivity contribution in [1.82, 2.24) is 14.3 Å². The quantitative estimate of drug-likeness (QED) is 0.845. The molecule has 7 heteroatoms. The largest absolute Gasteiger partial charge is 0.378 e. The molecule has 1 aliphatic heterocycles. The normalized spacial score (nSPS) is 19.3. The van der Waals surface area contributed by atoms with Gasteiger partial charge in [0.2, 0.25) is 10.0 Å². The van der Waals surface area contributed by atoms with E-state index in [0.29, 0.717) is 6.54 Å². The zero-order valence-corrected chi connectivity index (χ0v) is 13.1. The second-order valence-corrected chi connectivity index (χ2v) is 7.42. The number of imidazole rings is 1. The molecule has 2 heterocycles. The fourth-order valence-corrected chi connectivity index (χ4v) is 3.52. The van der Waals surface area contributed by atoms with Crippen molar-refractivity contribution in [1.29, 1.82) is 0 Å². The molecular formula is C13H23N3O3S. The minimum absolute atomic E-state index is 0.0114. The number of nitrogens with zero attached hydrogens (tertiary/aromatic N) is 2. The number of aryl methyl sites for hydroxylation is 2. The van der Waals surface area contributed by atoms with E-state index in [9.17, 15) is 8.42 Å². The summed E-state index contributed by atoms with van der Waals surface area (Å²) in [6.07, 6.45) is 3.62. The Morgan fingerprint density at radius 2 is 2.30 bits per heavy atom. The van der Waals surface area contributed by atoms with Gasteiger partial charge in [0.1, 0.15) is 5.82 Å². The molecule has 1 aromatic rings. The Labute approximate surface area is 120 Å². The van der Waals surface area contributed by atoms with Gasteiger partial charge in [0.25, 0.3) is 0 Å². The monoisotopic (exact) mass is 301 g/mol. The minimum atomic E-state index is -3.28. The summed E-state index contributed by atoms with van der Waals surface area (Å²) in [7, 11) is -3.28. The predicted octanol–water partition coefficient (Wildman–Crippen LogP) is 0.851. The standard InChI is InChI=1S/C13H23N3O3S/c1-10(2)19-6-7-20(17,18)15-12-4-5-13-14-11(3)8-16(13)9-12/h8,10,12,15H,4-7,9H2,1-3H3/t12-/m1/s1. The number of nitrogens with one attached hydrogen (secondary N) is 1. The Hall–Kier alpha value is -0.920. The van der Waals surface area contributed by atoms with Crippen LogP contribution in [0.25, 0.3) is 0 Å². The van der Waals surface area contributed by atoms with Gasteiger partial charge in [0.15, 0.2) is 0 Å². The summed E-state index contributed by atoms with van der Waals surface area (Å²) < 4.78 is 34.1. The Balaban J connectivity index is 1.88. The first-order valence-electron chi connectivity index (χ1n) is 7.00. The van der Waals surface area contributed by atoms with Crippen LogP contribution in [0.15, 0.2) is 6.20 Å². The van der Waals surface area contributed by atoms with Gasteiger partial charge in [-0.1, -0.05) is 0 Å². The molecular weight excluding hydrogens is 278 g/mol. The van der Waals surface area contributed by atoms with Crippen molar-refractivity contribution < 1.29 is 13.2 Å². The SMILES string of the molecule is Cc1cn2c(n1)CC[C@@H](NS(=O)(=O)CCOC(C)C)C2. The molecule has 0 aliphatic carbocycles. The van der Waals surface area contributed by atoms with Crippen molar-refractivity contribution in [3.8, 4) is 0 Å². The average molecular weight is 301 g/mol. The van der Waals surface area contributed by atoms with Gasteiger partial charge in [-0.05, 0) is 27.2 Å². The Kier molecular flexibility index (Phi) is 4.82. The van der Waals surface area contributed by atoms with Crippen molar-refractivity contribution in [3.63, 3.8) is 0 Å². The lowest BCUT2D eigenvalue weighted by Crippen LogP contribution is -2.42. The molecule has 20 heavy (non-hydrogen) atoms. The third kappa shape index (κ3) is 4.29. The summed E-state index contributed by atoms with van der Waals surface area (Å²) in [4.78, 5) is 4.42. The van der Waals surface area contributed by atoms with Crippen LogP contribution in [0.4, 0.5) is 0 Å². The van der Waals surface area contributed by atoms with Crippen LogP contribution >= 0.6 is 0 Å². The van der Waals surface area contributed by atoms with Crippen LogP contribution in [0, 0.1) is 6.92 Å². The van der Waals surface area contributed by atoms with Crippen molar-refractivity contribution in [3.05, 3.63) is 17.7 Å². The molecule has 1 N–H and O–H groups in total. The topological polar surface area (TPSA) is 73.2 Å². The second kappa shape index (κ2) is 6.24. The summed E-state index contributed by atoms with van der Waals surface area (Å²) in [5, 5.41) is 0. The van der Waals surface area contributed by atoms with Crippen LogP contribution in [0.1, 0.15) is 31.8 Å². The Morgan fingerprint density at radius 1 is 1.55 bits per heavy atom. The van der Waals surface area contributed by atoms with E-state index in [2.05, 4.69) is 9.71 Å². The third-order valence-electron chi connectivity index (χ3n) is 3.26. The summed E-state index contributed by atoms with van der Waals surface area (Å²) in [5.41, 5.74) is 0.980. The van der Waals surface area contributed by atoms with Crippen molar-refractivity contribution in [2.45, 2.75) is 52.3 Å². The molecule has 2 rings (SSSR count). The van der Waals surface area contributed by atoms with E-state index >= 15 is 0 Å². The smallest absolute Gasteiger partial charge is 0.214 e. The zero-order chi connectivity index (χ0) is 14.8. The van der Waals surface area contributed by atoms with E-state index in [4.69, 9.17) is 4.74 Å². The second-order valence-electron chi connectivity index (χ2n) is 5.54. The van der Waals surface area contributed by atoms with Gasteiger partial charge < -0.3 is 9.30 Å². The maximum absolute atomic E-state index is 12.0. The van der Waals surface area contributed by atoms with Gasteiger partial charge in [-0.2, -0.15) is 0 Å². The van der Waals surface area contributed by atoms with E-state index in [1.165, 1.54) is 0 Å². The molecule has 1 aromatic heterocycles. The van der Waals surface area contributed by atoms with E-state index < -0.39 is 10.0 Å². The van der Waals surface area contributed by atoms with Crippen LogP contribution in [0.5, 0.6) is 0 Å². The minimum Gasteiger partial charge on any atom is -0.378 e. The molecule has 114 valence electrons. The highest BCUT2D eigenvalue weighted by Crippen LogP contribution is 2.15. The fraction of sp³-hybridized carbons (Fsp3) is 0.769. The lowest BCUT2D eigenvalue weighted by Gasteiger charge is -2.24. The highest BCUT2D eigenvalue weighted by atomic mass is 32.2. The van der Waals surface area contributed by atoms with Crippen molar-refractivity contribution in [2.75, 3.05) is 12.4 Å². The van der Waals surface area contributed by atoms with Gasteiger partial charge in [0.05, 0.1) is 24.2 Å². The van der Waals surface area contributed by atoms with E-state index in [1.807, 2.05) is 31.5 Å². The van der Waals surface area contributed by atoms with E-state index in [-0.39, 0.29) is 24.5 Å². The number of aromatic nitrogens is 2. The highest BCUT2D eigenvalue weighted by Gasteiger charge is 2.23. The molecule has 0 radical (unpaired) electrons. The summed E-state index contributed by atoms with van der Waals surface area (Å²) in [5.74, 6) is 1.05. The van der Waals surface area contributed by atoms with Gasteiger partial charge in [0, 0.05) is 25.2 Å². The lowest BCUT2D eigenvalue weighted by atomic mass is 10.1. The maximum Gasteiger partial charge on any atom is 0.214 e. The van der Waals surface area contributed by atoms with Crippen LogP contribution in [0.3, 0.4) is 0 Å². The van der Waals surface area contributed by atoms with Crippen LogP contribution < -0.4 is 4.72 Å². The van der Waals surface area contributed by atoms with E-state index in [1.54, 1.807) is 0 Å². The molecule has 1 aliphatic rings. The lowest BCUT2D eigenvalue weighted by molar-refractivity contribution is 0.0911. The fourth-order valence-electron chi connectivity index (χ4n) is 2.39. The third-order valence-corrected chi connectivity index (χ3v) is 4.66. The zero-order valence-electron chi connectivity index (χ0n) is 12.3. The number of hydrogen-bond donors (Lipinski definition) is 1. The number of rotatable bonds is 6. The maximum atomic E-state index is 12.0. The first kappa shape index (κ1) is 15.5. The molecule has 0 aromatic carbocycles. The predicted molar refractivity (Wildman–Crippen MR) is 77.1 cm³/mol. The molecule has 0 fully saturated rings. The number of sulfonamides is 1. The van der Waals surface area contributed by atoms with Crippen LogP contribution in [0.2, 0.25) is 0 Å². The molecule has 0 amide bonds. The number of fused-ring (bicyclic) bond motifs is 1. The van der Waals surface area contributed by atoms with Crippen LogP contribution in [-0.4, -0.2) is 42.5 Å². The highest BCUT2D eigenvalue weighted by molar-refractivity contribution is 7.89. The van der Waals surface area contributed by atoms with Gasteiger partial charge in [-0.15, -0.1) is 0 Å². The average Bonchev–Trinajstić information content (AvgIpc) is 2.66. The summed E-state index contributed by atoms with van der Waals surface area (Å²) >= 11 is 0. The molecule has 0 bridgehead atoms. The molecule has 6 nitrogen and oxygen atoms in total. The van der Waals surface area contributed by atoms with Gasteiger partial charge in [-0.25, -0.2) is 18.1 Å². The molecule has 0 spiro atoms. The summed E-state index contributed by atoms with van der Waals surface area (Å²) in [6, 6.07) is -0.0554. The van der Waals surface area contributed by atoms with Gasteiger partial charge >= 0.3 is 0 Å². The first-order valence-corrected chi connectivity index (χ1v) is 8.65. The number of hydrogen-bond acceptors (Lipinski definition) is 4. The molecule has 0 saturated carbocycles. The molecule has 0 saturated heterocycles. The summed E-state index contributed by atoms with van der Waals surface area (Å²) in [6.45, 7) is 6.62. The van der Waals surface area contributed by atoms with Crippen molar-refractivity contribution in [2.24, 2.45) is 0 Å². The first-order chi connectivity index (χ1) is 9.35. The van der Waals surface area contributed by atoms with E-state index in [0.717, 1.165) is 24.4 Å². The van der Waals surface area contributed by atoms with Crippen molar-refractivity contribution >= 4 is 10.0 Å².